The Morgan fingerprint density at radius 1 is 1.20 bits per heavy atom. The fourth-order valence-electron chi connectivity index (χ4n) is 1.56. The van der Waals surface area contributed by atoms with E-state index in [0.717, 1.165) is 11.2 Å². The van der Waals surface area contributed by atoms with Crippen LogP contribution in [0.25, 0.3) is 0 Å². The molecule has 0 atom stereocenters. The van der Waals surface area contributed by atoms with Crippen molar-refractivity contribution in [3.8, 4) is 0 Å². The summed E-state index contributed by atoms with van der Waals surface area (Å²) in [7, 11) is -0.336. The molecule has 5 heteroatoms. The third kappa shape index (κ3) is 1.60. The van der Waals surface area contributed by atoms with Crippen LogP contribution in [-0.2, 0) is 9.31 Å². The summed E-state index contributed by atoms with van der Waals surface area (Å²) in [5.41, 5.74) is 1.38. The summed E-state index contributed by atoms with van der Waals surface area (Å²) >= 11 is 0. The highest BCUT2D eigenvalue weighted by molar-refractivity contribution is 6.61. The maximum atomic E-state index is 5.90. The van der Waals surface area contributed by atoms with Gasteiger partial charge in [0.1, 0.15) is 0 Å². The van der Waals surface area contributed by atoms with Crippen molar-refractivity contribution in [2.24, 2.45) is 0 Å². The van der Waals surface area contributed by atoms with Crippen molar-refractivity contribution in [1.29, 1.82) is 0 Å². The molecule has 1 aromatic heterocycles. The minimum Gasteiger partial charge on any atom is -0.398 e. The number of hydrogen-bond acceptors (Lipinski definition) is 3. The molecule has 0 aliphatic carbocycles. The lowest BCUT2D eigenvalue weighted by atomic mass is 9.82. The topological polar surface area (TPSA) is 47.1 Å². The second kappa shape index (κ2) is 3.09. The zero-order chi connectivity index (χ0) is 11.3. The van der Waals surface area contributed by atoms with E-state index in [0.29, 0.717) is 0 Å². The number of rotatable bonds is 1. The number of H-pyrrole nitrogens is 1. The quantitative estimate of drug-likeness (QED) is 0.700. The van der Waals surface area contributed by atoms with E-state index in [-0.39, 0.29) is 18.3 Å². The summed E-state index contributed by atoms with van der Waals surface area (Å²) in [5, 5.41) is 6.90. The van der Waals surface area contributed by atoms with Crippen molar-refractivity contribution in [3.63, 3.8) is 0 Å². The molecule has 0 unspecified atom stereocenters. The lowest BCUT2D eigenvalue weighted by Gasteiger charge is -2.32. The fourth-order valence-corrected chi connectivity index (χ4v) is 1.56. The van der Waals surface area contributed by atoms with Crippen molar-refractivity contribution in [3.05, 3.63) is 11.8 Å². The predicted molar refractivity (Wildman–Crippen MR) is 59.0 cm³/mol. The Kier molecular flexibility index (Phi) is 2.21. The lowest BCUT2D eigenvalue weighted by molar-refractivity contribution is 0.00578. The lowest BCUT2D eigenvalue weighted by Crippen LogP contribution is -2.41. The second-order valence-corrected chi connectivity index (χ2v) is 5.05. The standard InChI is InChI=1S/C10H17BN2O2/c1-7-6-12-13-8(7)11-14-9(2,3)10(4,5)15-11/h6H,1-5H3,(H,12,13). The van der Waals surface area contributed by atoms with E-state index in [2.05, 4.69) is 10.2 Å². The number of nitrogens with zero attached hydrogens (tertiary/aromatic N) is 1. The highest BCUT2D eigenvalue weighted by atomic mass is 16.7. The summed E-state index contributed by atoms with van der Waals surface area (Å²) in [5.74, 6) is 0. The first-order valence-electron chi connectivity index (χ1n) is 5.19. The zero-order valence-corrected chi connectivity index (χ0v) is 9.92. The highest BCUT2D eigenvalue weighted by Crippen LogP contribution is 2.36. The molecule has 1 aliphatic rings. The van der Waals surface area contributed by atoms with Crippen LogP contribution in [0.3, 0.4) is 0 Å². The second-order valence-electron chi connectivity index (χ2n) is 5.05. The number of nitrogens with one attached hydrogen (secondary N) is 1. The van der Waals surface area contributed by atoms with Gasteiger partial charge in [0.25, 0.3) is 0 Å². The Hall–Kier alpha value is -0.805. The molecular formula is C10H17BN2O2. The zero-order valence-electron chi connectivity index (χ0n) is 9.92. The average molecular weight is 208 g/mol. The maximum Gasteiger partial charge on any atom is 0.514 e. The normalized spacial score (nSPS) is 23.4. The molecule has 0 amide bonds. The number of aromatic amines is 1. The Morgan fingerprint density at radius 2 is 1.73 bits per heavy atom. The van der Waals surface area contributed by atoms with Gasteiger partial charge in [0, 0.05) is 0 Å². The van der Waals surface area contributed by atoms with E-state index in [4.69, 9.17) is 9.31 Å². The molecule has 82 valence electrons. The first-order chi connectivity index (χ1) is 6.83. The molecule has 1 aromatic rings. The van der Waals surface area contributed by atoms with Crippen LogP contribution in [0.15, 0.2) is 6.20 Å². The minimum atomic E-state index is -0.336. The SMILES string of the molecule is Cc1cn[nH]c1B1OC(C)(C)C(C)(C)O1. The average Bonchev–Trinajstić information content (AvgIpc) is 2.55. The molecule has 0 radical (unpaired) electrons. The van der Waals surface area contributed by atoms with Crippen molar-refractivity contribution in [2.45, 2.75) is 45.8 Å². The molecule has 2 rings (SSSR count). The monoisotopic (exact) mass is 208 g/mol. The third-order valence-electron chi connectivity index (χ3n) is 3.36. The summed E-state index contributed by atoms with van der Waals surface area (Å²) in [6.07, 6.45) is 1.78. The Balaban J connectivity index is 2.27. The first kappa shape index (κ1) is 10.7. The van der Waals surface area contributed by atoms with Crippen LogP contribution in [-0.4, -0.2) is 28.5 Å². The largest absolute Gasteiger partial charge is 0.514 e. The smallest absolute Gasteiger partial charge is 0.398 e. The fraction of sp³-hybridized carbons (Fsp3) is 0.700. The van der Waals surface area contributed by atoms with E-state index in [9.17, 15) is 0 Å². The molecule has 1 aliphatic heterocycles. The molecule has 2 heterocycles. The van der Waals surface area contributed by atoms with Gasteiger partial charge in [-0.1, -0.05) is 0 Å². The van der Waals surface area contributed by atoms with Crippen molar-refractivity contribution in [2.75, 3.05) is 0 Å². The van der Waals surface area contributed by atoms with Gasteiger partial charge in [0.2, 0.25) is 0 Å². The summed E-state index contributed by atoms with van der Waals surface area (Å²) < 4.78 is 11.8. The van der Waals surface area contributed by atoms with Crippen molar-refractivity contribution < 1.29 is 9.31 Å². The summed E-state index contributed by atoms with van der Waals surface area (Å²) in [6, 6.07) is 0. The molecule has 0 aromatic carbocycles. The summed E-state index contributed by atoms with van der Waals surface area (Å²) in [6.45, 7) is 10.2. The maximum absolute atomic E-state index is 5.90. The van der Waals surface area contributed by atoms with Gasteiger partial charge in [-0.25, -0.2) is 0 Å². The van der Waals surface area contributed by atoms with Gasteiger partial charge in [0.15, 0.2) is 0 Å². The first-order valence-corrected chi connectivity index (χ1v) is 5.19. The van der Waals surface area contributed by atoms with Gasteiger partial charge in [-0.2, -0.15) is 5.10 Å². The predicted octanol–water partition coefficient (Wildman–Crippen LogP) is 1.02. The minimum absolute atomic E-state index is 0.296. The molecule has 0 spiro atoms. The van der Waals surface area contributed by atoms with Gasteiger partial charge < -0.3 is 9.31 Å². The van der Waals surface area contributed by atoms with Crippen LogP contribution < -0.4 is 5.59 Å². The highest BCUT2D eigenvalue weighted by Gasteiger charge is 2.52. The Bertz CT molecular complexity index is 357. The van der Waals surface area contributed by atoms with Gasteiger partial charge >= 0.3 is 7.12 Å². The molecular weight excluding hydrogens is 191 g/mol. The van der Waals surface area contributed by atoms with Crippen LogP contribution in [0.1, 0.15) is 33.3 Å². The van der Waals surface area contributed by atoms with Crippen molar-refractivity contribution in [1.82, 2.24) is 10.2 Å². The molecule has 0 saturated carbocycles. The molecule has 1 fully saturated rings. The van der Waals surface area contributed by atoms with E-state index in [1.807, 2.05) is 34.6 Å². The van der Waals surface area contributed by atoms with Crippen LogP contribution in [0.2, 0.25) is 0 Å². The Labute approximate surface area is 90.5 Å². The molecule has 4 nitrogen and oxygen atoms in total. The molecule has 1 N–H and O–H groups in total. The third-order valence-corrected chi connectivity index (χ3v) is 3.36. The Morgan fingerprint density at radius 3 is 2.13 bits per heavy atom. The number of aryl methyl sites for hydroxylation is 1. The van der Waals surface area contributed by atoms with Gasteiger partial charge in [0.05, 0.1) is 23.0 Å². The van der Waals surface area contributed by atoms with Crippen molar-refractivity contribution >= 4 is 12.7 Å². The summed E-state index contributed by atoms with van der Waals surface area (Å²) in [4.78, 5) is 0. The molecule has 15 heavy (non-hydrogen) atoms. The van der Waals surface area contributed by atoms with Crippen LogP contribution >= 0.6 is 0 Å². The van der Waals surface area contributed by atoms with Gasteiger partial charge in [-0.15, -0.1) is 0 Å². The number of aromatic nitrogens is 2. The molecule has 1 saturated heterocycles. The van der Waals surface area contributed by atoms with E-state index < -0.39 is 0 Å². The van der Waals surface area contributed by atoms with Gasteiger partial charge in [-0.05, 0) is 40.2 Å². The number of hydrogen-bond donors (Lipinski definition) is 1. The van der Waals surface area contributed by atoms with E-state index >= 15 is 0 Å². The molecule has 0 bridgehead atoms. The van der Waals surface area contributed by atoms with E-state index in [1.54, 1.807) is 6.20 Å². The van der Waals surface area contributed by atoms with Crippen LogP contribution in [0.4, 0.5) is 0 Å². The van der Waals surface area contributed by atoms with Crippen LogP contribution in [0.5, 0.6) is 0 Å². The van der Waals surface area contributed by atoms with Gasteiger partial charge in [-0.3, -0.25) is 5.10 Å². The van der Waals surface area contributed by atoms with E-state index in [1.165, 1.54) is 0 Å². The van der Waals surface area contributed by atoms with Crippen LogP contribution in [0, 0.1) is 6.92 Å².